The molecule has 1 fully saturated rings. The van der Waals surface area contributed by atoms with Crippen molar-refractivity contribution >= 4 is 11.5 Å². The van der Waals surface area contributed by atoms with Crippen molar-refractivity contribution in [1.29, 1.82) is 5.26 Å². The molecule has 158 valence electrons. The number of rotatable bonds is 7. The van der Waals surface area contributed by atoms with Crippen molar-refractivity contribution < 1.29 is 9.84 Å². The number of hydrogen-bond donors (Lipinski definition) is 2. The van der Waals surface area contributed by atoms with E-state index < -0.39 is 0 Å². The van der Waals surface area contributed by atoms with E-state index in [1.807, 2.05) is 26.0 Å². The third-order valence-corrected chi connectivity index (χ3v) is 6.72. The fourth-order valence-corrected chi connectivity index (χ4v) is 5.37. The van der Waals surface area contributed by atoms with Crippen molar-refractivity contribution in [2.75, 3.05) is 13.2 Å². The summed E-state index contributed by atoms with van der Waals surface area (Å²) in [6.45, 7) is 4.64. The highest BCUT2D eigenvalue weighted by Gasteiger charge is 2.52. The summed E-state index contributed by atoms with van der Waals surface area (Å²) in [7, 11) is 0. The number of nitrogens with one attached hydrogen (secondary N) is 1. The van der Waals surface area contributed by atoms with Gasteiger partial charge in [0.15, 0.2) is 5.82 Å². The summed E-state index contributed by atoms with van der Waals surface area (Å²) < 4.78 is 10.3. The zero-order chi connectivity index (χ0) is 21.5. The molecule has 2 aromatic carbocycles. The molecule has 7 heteroatoms. The average molecular weight is 433 g/mol. The van der Waals surface area contributed by atoms with Crippen molar-refractivity contribution in [3.05, 3.63) is 53.1 Å². The first kappa shape index (κ1) is 20.1. The van der Waals surface area contributed by atoms with Crippen LogP contribution in [0.1, 0.15) is 48.9 Å². The second-order valence-electron chi connectivity index (χ2n) is 8.38. The lowest BCUT2D eigenvalue weighted by Crippen LogP contribution is -2.24. The molecule has 1 heterocycles. The first-order valence-corrected chi connectivity index (χ1v) is 11.4. The second kappa shape index (κ2) is 8.04. The molecule has 0 saturated heterocycles. The number of benzene rings is 2. The van der Waals surface area contributed by atoms with Crippen molar-refractivity contribution in [3.63, 3.8) is 0 Å². The van der Waals surface area contributed by atoms with Crippen molar-refractivity contribution in [2.45, 2.75) is 38.3 Å². The summed E-state index contributed by atoms with van der Waals surface area (Å²) in [5.74, 6) is 2.39. The van der Waals surface area contributed by atoms with Crippen LogP contribution < -0.4 is 10.1 Å². The van der Waals surface area contributed by atoms with Crippen LogP contribution in [0.25, 0.3) is 22.0 Å². The maximum Gasteiger partial charge on any atom is 0.173 e. The Morgan fingerprint density at radius 3 is 2.97 bits per heavy atom. The minimum absolute atomic E-state index is 0.00377. The maximum absolute atomic E-state index is 9.52. The van der Waals surface area contributed by atoms with Gasteiger partial charge in [0, 0.05) is 23.7 Å². The van der Waals surface area contributed by atoms with Crippen LogP contribution in [-0.4, -0.2) is 33.7 Å². The van der Waals surface area contributed by atoms with Crippen molar-refractivity contribution in [3.8, 4) is 33.8 Å². The molecule has 2 N–H and O–H groups in total. The Morgan fingerprint density at radius 1 is 1.32 bits per heavy atom. The van der Waals surface area contributed by atoms with Crippen molar-refractivity contribution in [2.24, 2.45) is 5.92 Å². The summed E-state index contributed by atoms with van der Waals surface area (Å²) in [5, 5.41) is 23.1. The molecule has 2 aliphatic rings. The molecular formula is C24H24N4O2S. The van der Waals surface area contributed by atoms with Gasteiger partial charge in [0.25, 0.3) is 0 Å². The Bertz CT molecular complexity index is 1170. The zero-order valence-electron chi connectivity index (χ0n) is 17.5. The fourth-order valence-electron chi connectivity index (χ4n) is 4.64. The first-order valence-electron chi connectivity index (χ1n) is 10.6. The number of aliphatic hydroxyl groups excluding tert-OH is 1. The van der Waals surface area contributed by atoms with Gasteiger partial charge in [-0.3, -0.25) is 0 Å². The number of nitriles is 1. The van der Waals surface area contributed by atoms with Crippen molar-refractivity contribution in [1.82, 2.24) is 14.7 Å². The van der Waals surface area contributed by atoms with Crippen LogP contribution in [0.5, 0.6) is 5.75 Å². The van der Waals surface area contributed by atoms with Crippen LogP contribution in [0.2, 0.25) is 0 Å². The first-order chi connectivity index (χ1) is 15.1. The smallest absolute Gasteiger partial charge is 0.173 e. The van der Waals surface area contributed by atoms with E-state index in [9.17, 15) is 10.4 Å². The number of fused-ring (bicyclic) bond motifs is 3. The molecule has 0 aliphatic heterocycles. The van der Waals surface area contributed by atoms with E-state index in [4.69, 9.17) is 9.72 Å². The molecule has 0 bridgehead atoms. The van der Waals surface area contributed by atoms with E-state index in [0.717, 1.165) is 16.1 Å². The highest BCUT2D eigenvalue weighted by atomic mass is 32.1. The topological polar surface area (TPSA) is 91.1 Å². The number of nitrogens with zero attached hydrogens (tertiary/aromatic N) is 3. The number of aliphatic hydroxyl groups is 1. The van der Waals surface area contributed by atoms with Gasteiger partial charge in [-0.15, -0.1) is 0 Å². The van der Waals surface area contributed by atoms with Gasteiger partial charge < -0.3 is 15.2 Å². The normalized spacial score (nSPS) is 20.9. The van der Waals surface area contributed by atoms with Gasteiger partial charge in [-0.2, -0.15) is 9.64 Å². The lowest BCUT2D eigenvalue weighted by atomic mass is 9.98. The summed E-state index contributed by atoms with van der Waals surface area (Å²) in [6.07, 6.45) is 1.19. The second-order valence-corrected chi connectivity index (χ2v) is 9.13. The molecule has 0 spiro atoms. The van der Waals surface area contributed by atoms with Crippen LogP contribution in [0.3, 0.4) is 0 Å². The Kier molecular flexibility index (Phi) is 5.22. The van der Waals surface area contributed by atoms with E-state index >= 15 is 0 Å². The standard InChI is InChI=1S/C24H24N4O2S/c1-13(2)30-20-7-6-14(10-15(20)12-25)23-27-24(31-28-23)17-5-3-4-16-21(17)18-11-19(18)22(16)26-8-9-29/h3-7,10,13,18-19,22,26,29H,8-9,11H2,1-2H3. The fraction of sp³-hybridized carbons (Fsp3) is 0.375. The zero-order valence-corrected chi connectivity index (χ0v) is 18.3. The molecule has 31 heavy (non-hydrogen) atoms. The molecule has 3 unspecified atom stereocenters. The third-order valence-electron chi connectivity index (χ3n) is 5.97. The molecule has 1 aromatic heterocycles. The number of aromatic nitrogens is 2. The monoisotopic (exact) mass is 432 g/mol. The highest BCUT2D eigenvalue weighted by Crippen LogP contribution is 2.63. The molecule has 1 saturated carbocycles. The van der Waals surface area contributed by atoms with E-state index in [-0.39, 0.29) is 12.7 Å². The quantitative estimate of drug-likeness (QED) is 0.579. The molecule has 5 rings (SSSR count). The molecule has 6 nitrogen and oxygen atoms in total. The molecular weight excluding hydrogens is 408 g/mol. The van der Waals surface area contributed by atoms with Gasteiger partial charge in [-0.05, 0) is 73.0 Å². The Balaban J connectivity index is 1.47. The van der Waals surface area contributed by atoms with E-state index in [1.54, 1.807) is 6.07 Å². The van der Waals surface area contributed by atoms with E-state index in [2.05, 4.69) is 34.0 Å². The van der Waals surface area contributed by atoms with Gasteiger partial charge >= 0.3 is 0 Å². The number of ether oxygens (including phenoxy) is 1. The van der Waals surface area contributed by atoms with Gasteiger partial charge in [0.1, 0.15) is 16.8 Å². The van der Waals surface area contributed by atoms with Crippen LogP contribution in [0.15, 0.2) is 36.4 Å². The van der Waals surface area contributed by atoms with Gasteiger partial charge in [-0.1, -0.05) is 18.2 Å². The average Bonchev–Trinajstić information content (AvgIpc) is 3.27. The summed E-state index contributed by atoms with van der Waals surface area (Å²) in [5.41, 5.74) is 5.16. The van der Waals surface area contributed by atoms with Crippen LogP contribution in [0, 0.1) is 17.2 Å². The minimum atomic E-state index is 0.00377. The lowest BCUT2D eigenvalue weighted by Gasteiger charge is -2.17. The molecule has 2 aliphatic carbocycles. The third kappa shape index (κ3) is 3.61. The Labute approximate surface area is 185 Å². The van der Waals surface area contributed by atoms with E-state index in [0.29, 0.717) is 41.6 Å². The van der Waals surface area contributed by atoms with E-state index in [1.165, 1.54) is 29.1 Å². The van der Waals surface area contributed by atoms with Gasteiger partial charge in [0.2, 0.25) is 0 Å². The summed E-state index contributed by atoms with van der Waals surface area (Å²) >= 11 is 1.40. The maximum atomic E-state index is 9.52. The van der Waals surface area contributed by atoms with Gasteiger partial charge in [-0.25, -0.2) is 4.98 Å². The highest BCUT2D eigenvalue weighted by molar-refractivity contribution is 7.09. The summed E-state index contributed by atoms with van der Waals surface area (Å²) in [6, 6.07) is 14.5. The molecule has 3 atom stereocenters. The van der Waals surface area contributed by atoms with Crippen LogP contribution in [0.4, 0.5) is 0 Å². The van der Waals surface area contributed by atoms with Gasteiger partial charge in [0.05, 0.1) is 18.3 Å². The largest absolute Gasteiger partial charge is 0.490 e. The Hall–Kier alpha value is -2.79. The SMILES string of the molecule is CC(C)Oc1ccc(-c2nsc(-c3cccc4c3C3CC3C4NCCO)n2)cc1C#N. The molecule has 0 amide bonds. The predicted molar refractivity (Wildman–Crippen MR) is 120 cm³/mol. The lowest BCUT2D eigenvalue weighted by molar-refractivity contribution is 0.242. The molecule has 3 aromatic rings. The predicted octanol–water partition coefficient (Wildman–Crippen LogP) is 4.27. The molecule has 0 radical (unpaired) electrons. The Morgan fingerprint density at radius 2 is 2.19 bits per heavy atom. The van der Waals surface area contributed by atoms with Crippen LogP contribution >= 0.6 is 11.5 Å². The number of hydrogen-bond acceptors (Lipinski definition) is 7. The van der Waals surface area contributed by atoms with Crippen LogP contribution in [-0.2, 0) is 0 Å². The summed E-state index contributed by atoms with van der Waals surface area (Å²) in [4.78, 5) is 4.83. The minimum Gasteiger partial charge on any atom is -0.490 e.